The van der Waals surface area contributed by atoms with Gasteiger partial charge in [0.2, 0.25) is 10.0 Å². The number of aliphatic carboxylic acids is 1. The lowest BCUT2D eigenvalue weighted by Gasteiger charge is -2.18. The lowest BCUT2D eigenvalue weighted by molar-refractivity contribution is -0.137. The van der Waals surface area contributed by atoms with Crippen molar-refractivity contribution in [2.75, 3.05) is 13.1 Å². The van der Waals surface area contributed by atoms with Gasteiger partial charge in [0.15, 0.2) is 0 Å². The number of benzene rings is 1. The van der Waals surface area contributed by atoms with Gasteiger partial charge in [-0.2, -0.15) is 13.1 Å². The number of rotatable bonds is 5. The average molecular weight is 301 g/mol. The van der Waals surface area contributed by atoms with Gasteiger partial charge in [-0.3, -0.25) is 4.79 Å². The van der Waals surface area contributed by atoms with Gasteiger partial charge in [-0.1, -0.05) is 13.0 Å². The van der Waals surface area contributed by atoms with Crippen molar-refractivity contribution in [1.82, 2.24) is 13.1 Å². The summed E-state index contributed by atoms with van der Waals surface area (Å²) in [6.07, 6.45) is 0. The molecule has 1 N–H and O–H groups in total. The maximum atomic E-state index is 12.4. The molecule has 102 valence electrons. The van der Waals surface area contributed by atoms with E-state index in [1.807, 2.05) is 0 Å². The Morgan fingerprint density at radius 2 is 2.16 bits per heavy atom. The van der Waals surface area contributed by atoms with Gasteiger partial charge in [-0.25, -0.2) is 8.42 Å². The number of hydrogen-bond donors (Lipinski definition) is 1. The Morgan fingerprint density at radius 3 is 2.79 bits per heavy atom. The minimum absolute atomic E-state index is 0.0122. The summed E-state index contributed by atoms with van der Waals surface area (Å²) in [4.78, 5) is 10.7. The summed E-state index contributed by atoms with van der Waals surface area (Å²) in [5.41, 5.74) is 0.758. The van der Waals surface area contributed by atoms with Gasteiger partial charge in [0.05, 0.1) is 11.7 Å². The number of likely N-dealkylation sites (N-methyl/N-ethyl adjacent to an activating group) is 1. The Balaban J connectivity index is 2.54. The lowest BCUT2D eigenvalue weighted by atomic mass is 10.3. The summed E-state index contributed by atoms with van der Waals surface area (Å²) in [7, 11) is -3.89. The zero-order valence-electron chi connectivity index (χ0n) is 9.98. The van der Waals surface area contributed by atoms with Crippen LogP contribution in [-0.4, -0.2) is 45.6 Å². The highest BCUT2D eigenvalue weighted by Crippen LogP contribution is 2.24. The maximum absolute atomic E-state index is 12.4. The minimum atomic E-state index is -3.89. The Bertz CT molecular complexity index is 710. The first-order valence-electron chi connectivity index (χ1n) is 5.40. The van der Waals surface area contributed by atoms with Crippen LogP contribution < -0.4 is 0 Å². The van der Waals surface area contributed by atoms with Gasteiger partial charge in [-0.05, 0) is 12.1 Å². The second-order valence-corrected chi connectivity index (χ2v) is 6.15. The normalized spacial score (nSPS) is 12.1. The number of carboxylic acids is 1. The fraction of sp³-hybridized carbons (Fsp3) is 0.300. The zero-order valence-corrected chi connectivity index (χ0v) is 11.6. The number of carbonyl (C=O) groups is 1. The maximum Gasteiger partial charge on any atom is 0.318 e. The van der Waals surface area contributed by atoms with E-state index in [1.165, 1.54) is 6.07 Å². The molecule has 0 radical (unpaired) electrons. The van der Waals surface area contributed by atoms with Crippen LogP contribution >= 0.6 is 11.7 Å². The molecular formula is C10H11N3O4S2. The number of aromatic nitrogens is 2. The number of hydrogen-bond acceptors (Lipinski definition) is 6. The molecule has 9 heteroatoms. The monoisotopic (exact) mass is 301 g/mol. The molecular weight excluding hydrogens is 290 g/mol. The predicted molar refractivity (Wildman–Crippen MR) is 69.5 cm³/mol. The number of carboxylic acid groups (broad SMARTS) is 1. The number of fused-ring (bicyclic) bond motifs is 1. The van der Waals surface area contributed by atoms with Gasteiger partial charge >= 0.3 is 5.97 Å². The highest BCUT2D eigenvalue weighted by atomic mass is 32.2. The summed E-state index contributed by atoms with van der Waals surface area (Å²) in [5, 5.41) is 8.77. The van der Waals surface area contributed by atoms with Crippen LogP contribution in [0.2, 0.25) is 0 Å². The Kier molecular flexibility index (Phi) is 3.78. The van der Waals surface area contributed by atoms with Crippen LogP contribution in [0.3, 0.4) is 0 Å². The third-order valence-corrected chi connectivity index (χ3v) is 5.03. The zero-order chi connectivity index (χ0) is 14.0. The molecule has 0 fully saturated rings. The molecule has 2 rings (SSSR count). The first-order valence-corrected chi connectivity index (χ1v) is 7.57. The van der Waals surface area contributed by atoms with E-state index in [4.69, 9.17) is 5.11 Å². The summed E-state index contributed by atoms with van der Waals surface area (Å²) in [6.45, 7) is 1.08. The van der Waals surface area contributed by atoms with E-state index in [1.54, 1.807) is 19.1 Å². The molecule has 0 aliphatic heterocycles. The van der Waals surface area contributed by atoms with Crippen molar-refractivity contribution in [3.63, 3.8) is 0 Å². The lowest BCUT2D eigenvalue weighted by Crippen LogP contribution is -2.35. The minimum Gasteiger partial charge on any atom is -0.480 e. The average Bonchev–Trinajstić information content (AvgIpc) is 2.83. The van der Waals surface area contributed by atoms with E-state index in [9.17, 15) is 13.2 Å². The van der Waals surface area contributed by atoms with Crippen molar-refractivity contribution < 1.29 is 18.3 Å². The van der Waals surface area contributed by atoms with Crippen LogP contribution in [0, 0.1) is 0 Å². The molecule has 0 aliphatic carbocycles. The molecule has 0 spiro atoms. The molecule has 1 aromatic heterocycles. The van der Waals surface area contributed by atoms with Gasteiger partial charge in [0.25, 0.3) is 0 Å². The van der Waals surface area contributed by atoms with E-state index in [-0.39, 0.29) is 17.0 Å². The smallest absolute Gasteiger partial charge is 0.318 e. The van der Waals surface area contributed by atoms with Gasteiger partial charge in [0.1, 0.15) is 22.5 Å². The van der Waals surface area contributed by atoms with E-state index < -0.39 is 22.5 Å². The van der Waals surface area contributed by atoms with Gasteiger partial charge in [-0.15, -0.1) is 0 Å². The van der Waals surface area contributed by atoms with Crippen molar-refractivity contribution in [3.05, 3.63) is 18.2 Å². The van der Waals surface area contributed by atoms with Crippen LogP contribution in [0.15, 0.2) is 23.1 Å². The SMILES string of the molecule is CCN(CC(=O)O)S(=O)(=O)c1cccc2nsnc12. The van der Waals surface area contributed by atoms with Gasteiger partial charge < -0.3 is 5.11 Å². The van der Waals surface area contributed by atoms with Crippen LogP contribution in [0.5, 0.6) is 0 Å². The number of nitrogens with zero attached hydrogens (tertiary/aromatic N) is 3. The highest BCUT2D eigenvalue weighted by molar-refractivity contribution is 7.89. The van der Waals surface area contributed by atoms with E-state index in [0.717, 1.165) is 16.0 Å². The summed E-state index contributed by atoms with van der Waals surface area (Å²) in [5.74, 6) is -1.20. The highest BCUT2D eigenvalue weighted by Gasteiger charge is 2.27. The molecule has 0 aliphatic rings. The molecule has 0 unspecified atom stereocenters. The van der Waals surface area contributed by atoms with Crippen LogP contribution in [0.25, 0.3) is 11.0 Å². The van der Waals surface area contributed by atoms with Crippen LogP contribution in [0.4, 0.5) is 0 Å². The van der Waals surface area contributed by atoms with Gasteiger partial charge in [0, 0.05) is 6.54 Å². The Hall–Kier alpha value is -1.58. The van der Waals surface area contributed by atoms with Crippen molar-refractivity contribution in [1.29, 1.82) is 0 Å². The third kappa shape index (κ3) is 2.57. The topological polar surface area (TPSA) is 100 Å². The Labute approximate surface area is 113 Å². The molecule has 1 aromatic carbocycles. The molecule has 1 heterocycles. The third-order valence-electron chi connectivity index (χ3n) is 2.53. The second-order valence-electron chi connectivity index (χ2n) is 3.71. The van der Waals surface area contributed by atoms with E-state index >= 15 is 0 Å². The summed E-state index contributed by atoms with van der Waals surface area (Å²) >= 11 is 0.917. The van der Waals surface area contributed by atoms with Crippen LogP contribution in [-0.2, 0) is 14.8 Å². The standard InChI is InChI=1S/C10H11N3O4S2/c1-2-13(6-9(14)15)19(16,17)8-5-3-4-7-10(8)12-18-11-7/h3-5H,2,6H2,1H3,(H,14,15). The second kappa shape index (κ2) is 5.19. The molecule has 0 atom stereocenters. The van der Waals surface area contributed by atoms with Crippen LogP contribution in [0.1, 0.15) is 6.92 Å². The quantitative estimate of drug-likeness (QED) is 0.876. The molecule has 0 saturated carbocycles. The fourth-order valence-electron chi connectivity index (χ4n) is 1.65. The van der Waals surface area contributed by atoms with E-state index in [0.29, 0.717) is 5.52 Å². The molecule has 0 saturated heterocycles. The first kappa shape index (κ1) is 13.8. The van der Waals surface area contributed by atoms with E-state index in [2.05, 4.69) is 8.75 Å². The van der Waals surface area contributed by atoms with Crippen molar-refractivity contribution in [2.45, 2.75) is 11.8 Å². The molecule has 7 nitrogen and oxygen atoms in total. The van der Waals surface area contributed by atoms with Crippen molar-refractivity contribution >= 4 is 38.8 Å². The first-order chi connectivity index (χ1) is 8.96. The molecule has 2 aromatic rings. The number of sulfonamides is 1. The summed E-state index contributed by atoms with van der Waals surface area (Å²) < 4.78 is 33.6. The Morgan fingerprint density at radius 1 is 1.42 bits per heavy atom. The predicted octanol–water partition coefficient (Wildman–Crippen LogP) is 0.786. The van der Waals surface area contributed by atoms with Crippen molar-refractivity contribution in [2.24, 2.45) is 0 Å². The summed E-state index contributed by atoms with van der Waals surface area (Å²) in [6, 6.07) is 4.63. The largest absolute Gasteiger partial charge is 0.480 e. The van der Waals surface area contributed by atoms with Crippen molar-refractivity contribution in [3.8, 4) is 0 Å². The molecule has 19 heavy (non-hydrogen) atoms. The fourth-order valence-corrected chi connectivity index (χ4v) is 3.80. The molecule has 0 bridgehead atoms. The molecule has 0 amide bonds.